The minimum atomic E-state index is -4.83. The molecule has 0 aliphatic heterocycles. The van der Waals surface area contributed by atoms with E-state index in [-0.39, 0.29) is 0 Å². The van der Waals surface area contributed by atoms with Crippen molar-refractivity contribution >= 4 is 5.82 Å². The normalized spacial score (nSPS) is 11.7. The van der Waals surface area contributed by atoms with E-state index in [4.69, 9.17) is 5.73 Å². The number of rotatable bonds is 0. The summed E-state index contributed by atoms with van der Waals surface area (Å²) in [6.45, 7) is 0. The quantitative estimate of drug-likeness (QED) is 0.612. The number of anilines is 1. The van der Waals surface area contributed by atoms with Gasteiger partial charge in [0.15, 0.2) is 17.3 Å². The van der Waals surface area contributed by atoms with Crippen LogP contribution in [0.4, 0.5) is 23.4 Å². The molecule has 12 heavy (non-hydrogen) atoms. The highest BCUT2D eigenvalue weighted by Crippen LogP contribution is 2.30. The lowest BCUT2D eigenvalue weighted by atomic mass is 10.3. The average molecular weight is 181 g/mol. The summed E-state index contributed by atoms with van der Waals surface area (Å²) < 4.78 is 48.1. The summed E-state index contributed by atoms with van der Waals surface area (Å²) in [5.41, 5.74) is 3.15. The Labute approximate surface area is 64.2 Å². The summed E-state index contributed by atoms with van der Waals surface area (Å²) in [6.07, 6.45) is -4.28. The second kappa shape index (κ2) is 2.58. The number of hydrogen-bond donors (Lipinski definition) is 1. The van der Waals surface area contributed by atoms with Gasteiger partial charge in [-0.3, -0.25) is 0 Å². The molecule has 2 N–H and O–H groups in total. The van der Waals surface area contributed by atoms with E-state index < -0.39 is 23.5 Å². The lowest BCUT2D eigenvalue weighted by molar-refractivity contribution is -0.143. The van der Waals surface area contributed by atoms with Gasteiger partial charge in [-0.2, -0.15) is 13.2 Å². The maximum atomic E-state index is 12.5. The first-order chi connectivity index (χ1) is 5.43. The van der Waals surface area contributed by atoms with E-state index in [0.717, 1.165) is 0 Å². The van der Waals surface area contributed by atoms with Crippen LogP contribution < -0.4 is 5.73 Å². The topological polar surface area (TPSA) is 51.8 Å². The molecular weight excluding hydrogens is 178 g/mol. The molecule has 0 atom stereocenters. The van der Waals surface area contributed by atoms with Gasteiger partial charge < -0.3 is 5.73 Å². The fourth-order valence-corrected chi connectivity index (χ4v) is 0.581. The Kier molecular flexibility index (Phi) is 1.87. The van der Waals surface area contributed by atoms with Gasteiger partial charge in [-0.1, -0.05) is 0 Å². The number of alkyl halides is 3. The monoisotopic (exact) mass is 181 g/mol. The van der Waals surface area contributed by atoms with E-state index >= 15 is 0 Å². The van der Waals surface area contributed by atoms with Crippen molar-refractivity contribution in [1.82, 2.24) is 9.97 Å². The molecule has 0 saturated carbocycles. The smallest absolute Gasteiger partial charge is 0.381 e. The van der Waals surface area contributed by atoms with Gasteiger partial charge in [-0.15, -0.1) is 0 Å². The van der Waals surface area contributed by atoms with Crippen LogP contribution in [0.5, 0.6) is 0 Å². The lowest BCUT2D eigenvalue weighted by Gasteiger charge is -2.06. The Morgan fingerprint density at radius 1 is 1.25 bits per heavy atom. The number of aromatic nitrogens is 2. The highest BCUT2D eigenvalue weighted by molar-refractivity contribution is 5.31. The molecule has 0 spiro atoms. The van der Waals surface area contributed by atoms with Gasteiger partial charge >= 0.3 is 6.18 Å². The van der Waals surface area contributed by atoms with Gasteiger partial charge in [0.1, 0.15) is 6.33 Å². The van der Waals surface area contributed by atoms with Crippen molar-refractivity contribution in [3.05, 3.63) is 17.8 Å². The molecular formula is C5H3F4N3. The predicted molar refractivity (Wildman–Crippen MR) is 31.4 cm³/mol. The molecule has 66 valence electrons. The van der Waals surface area contributed by atoms with Gasteiger partial charge in [-0.25, -0.2) is 14.4 Å². The fraction of sp³-hybridized carbons (Fsp3) is 0.200. The number of hydrogen-bond acceptors (Lipinski definition) is 3. The molecule has 1 aromatic heterocycles. The summed E-state index contributed by atoms with van der Waals surface area (Å²) in [5, 5.41) is 0. The minimum Gasteiger partial charge on any atom is -0.381 e. The van der Waals surface area contributed by atoms with Gasteiger partial charge in [0.05, 0.1) is 0 Å². The molecule has 7 heteroatoms. The Morgan fingerprint density at radius 3 is 2.25 bits per heavy atom. The van der Waals surface area contributed by atoms with Gasteiger partial charge in [-0.05, 0) is 0 Å². The molecule has 0 aliphatic rings. The Balaban J connectivity index is 3.26. The van der Waals surface area contributed by atoms with Crippen LogP contribution in [0.1, 0.15) is 5.69 Å². The second-order valence-electron chi connectivity index (χ2n) is 1.92. The third-order valence-electron chi connectivity index (χ3n) is 1.08. The maximum Gasteiger partial charge on any atom is 0.436 e. The molecule has 0 bridgehead atoms. The van der Waals surface area contributed by atoms with Crippen LogP contribution in [-0.4, -0.2) is 9.97 Å². The fourth-order valence-electron chi connectivity index (χ4n) is 0.581. The minimum absolute atomic E-state index is 0.557. The Bertz CT molecular complexity index is 295. The van der Waals surface area contributed by atoms with E-state index in [1.54, 1.807) is 0 Å². The molecule has 0 amide bonds. The molecule has 1 heterocycles. The predicted octanol–water partition coefficient (Wildman–Crippen LogP) is 1.22. The summed E-state index contributed by atoms with van der Waals surface area (Å²) in [4.78, 5) is 5.76. The van der Waals surface area contributed by atoms with Crippen LogP contribution in [0.2, 0.25) is 0 Å². The molecule has 1 aromatic rings. The van der Waals surface area contributed by atoms with Crippen molar-refractivity contribution in [3.63, 3.8) is 0 Å². The molecule has 0 fully saturated rings. The van der Waals surface area contributed by atoms with Crippen molar-refractivity contribution in [2.75, 3.05) is 5.73 Å². The van der Waals surface area contributed by atoms with E-state index in [1.807, 2.05) is 0 Å². The molecule has 0 saturated heterocycles. The number of nitrogens with two attached hydrogens (primary N) is 1. The van der Waals surface area contributed by atoms with Crippen LogP contribution in [0, 0.1) is 5.82 Å². The van der Waals surface area contributed by atoms with Crippen molar-refractivity contribution in [3.8, 4) is 0 Å². The largest absolute Gasteiger partial charge is 0.436 e. The third-order valence-corrected chi connectivity index (χ3v) is 1.08. The summed E-state index contributed by atoms with van der Waals surface area (Å²) in [5.74, 6) is -2.44. The zero-order valence-electron chi connectivity index (χ0n) is 5.56. The van der Waals surface area contributed by atoms with Crippen LogP contribution in [-0.2, 0) is 6.18 Å². The van der Waals surface area contributed by atoms with E-state index in [9.17, 15) is 17.6 Å². The molecule has 1 rings (SSSR count). The van der Waals surface area contributed by atoms with Crippen LogP contribution in [0.15, 0.2) is 6.33 Å². The van der Waals surface area contributed by atoms with Crippen LogP contribution in [0.25, 0.3) is 0 Å². The van der Waals surface area contributed by atoms with Crippen LogP contribution in [0.3, 0.4) is 0 Å². The molecule has 0 unspecified atom stereocenters. The first-order valence-electron chi connectivity index (χ1n) is 2.76. The highest BCUT2D eigenvalue weighted by Gasteiger charge is 2.37. The molecule has 0 aliphatic carbocycles. The number of halogens is 4. The molecule has 3 nitrogen and oxygen atoms in total. The van der Waals surface area contributed by atoms with Gasteiger partial charge in [0.2, 0.25) is 0 Å². The third kappa shape index (κ3) is 1.44. The summed E-state index contributed by atoms with van der Waals surface area (Å²) in [7, 11) is 0. The molecule has 0 radical (unpaired) electrons. The summed E-state index contributed by atoms with van der Waals surface area (Å²) in [6, 6.07) is 0. The highest BCUT2D eigenvalue weighted by atomic mass is 19.4. The molecule has 0 aromatic carbocycles. The zero-order valence-corrected chi connectivity index (χ0v) is 5.56. The van der Waals surface area contributed by atoms with Crippen molar-refractivity contribution in [2.45, 2.75) is 6.18 Å². The van der Waals surface area contributed by atoms with E-state index in [2.05, 4.69) is 9.97 Å². The van der Waals surface area contributed by atoms with E-state index in [1.165, 1.54) is 0 Å². The first kappa shape index (κ1) is 8.69. The lowest BCUT2D eigenvalue weighted by Crippen LogP contribution is -2.13. The summed E-state index contributed by atoms with van der Waals surface area (Å²) >= 11 is 0. The maximum absolute atomic E-state index is 12.5. The van der Waals surface area contributed by atoms with Crippen molar-refractivity contribution in [1.29, 1.82) is 0 Å². The second-order valence-corrected chi connectivity index (χ2v) is 1.92. The van der Waals surface area contributed by atoms with Crippen LogP contribution >= 0.6 is 0 Å². The number of nitrogen functional groups attached to an aromatic ring is 1. The van der Waals surface area contributed by atoms with Gasteiger partial charge in [0, 0.05) is 0 Å². The zero-order chi connectivity index (χ0) is 9.35. The Morgan fingerprint density at radius 2 is 1.83 bits per heavy atom. The average Bonchev–Trinajstić information content (AvgIpc) is 1.92. The van der Waals surface area contributed by atoms with Crippen molar-refractivity contribution in [2.24, 2.45) is 0 Å². The van der Waals surface area contributed by atoms with Gasteiger partial charge in [0.25, 0.3) is 0 Å². The standard InChI is InChI=1S/C5H3F4N3/c6-2-3(5(7,8)9)11-1-12-4(2)10/h1H,(H2,10,11,12). The first-order valence-corrected chi connectivity index (χ1v) is 2.76. The van der Waals surface area contributed by atoms with Crippen molar-refractivity contribution < 1.29 is 17.6 Å². The van der Waals surface area contributed by atoms with E-state index in [0.29, 0.717) is 6.33 Å². The number of nitrogens with zero attached hydrogens (tertiary/aromatic N) is 2. The Hall–Kier alpha value is -1.40. The SMILES string of the molecule is Nc1ncnc(C(F)(F)F)c1F.